The molecule has 0 saturated carbocycles. The molecule has 0 amide bonds. The Kier molecular flexibility index (Phi) is 6.38. The Hall–Kier alpha value is -0.720. The second kappa shape index (κ2) is 6.76. The molecule has 1 aromatic heterocycles. The summed E-state index contributed by atoms with van der Waals surface area (Å²) in [7, 11) is -2.33. The third-order valence-electron chi connectivity index (χ3n) is 0.662. The molecule has 0 N–H and O–H groups in total. The van der Waals surface area contributed by atoms with Crippen LogP contribution in [0.25, 0.3) is 0 Å². The zero-order chi connectivity index (χ0) is 10.3. The van der Waals surface area contributed by atoms with Crippen LogP contribution < -0.4 is 0 Å². The van der Waals surface area contributed by atoms with Crippen LogP contribution >= 0.6 is 23.2 Å². The van der Waals surface area contributed by atoms with Crippen molar-refractivity contribution in [2.75, 3.05) is 0 Å². The van der Waals surface area contributed by atoms with Gasteiger partial charge in [0.1, 0.15) is 6.33 Å². The molecule has 0 aliphatic rings. The fraction of sp³-hybridized carbons (Fsp3) is 0. The second-order valence-corrected chi connectivity index (χ2v) is 3.10. The molecule has 1 aromatic rings. The molecule has 72 valence electrons. The van der Waals surface area contributed by atoms with E-state index in [9.17, 15) is 8.42 Å². The first-order valence-electron chi connectivity index (χ1n) is 2.82. The Morgan fingerprint density at radius 3 is 1.85 bits per heavy atom. The molecule has 1 rings (SSSR count). The standard InChI is InChI=1S/C3HCl2N3.C2H4O2S/c4-2-6-1-7-3(5)8-2;1-2-5(3)4/h1H;2,5H,1H2. The third-order valence-corrected chi connectivity index (χ3v) is 1.32. The average molecular weight is 242 g/mol. The highest BCUT2D eigenvalue weighted by Crippen LogP contribution is 2.00. The van der Waals surface area contributed by atoms with Gasteiger partial charge in [-0.15, -0.1) is 0 Å². The minimum atomic E-state index is -2.33. The third kappa shape index (κ3) is 7.63. The van der Waals surface area contributed by atoms with Gasteiger partial charge in [0.15, 0.2) is 10.7 Å². The zero-order valence-electron chi connectivity index (χ0n) is 6.22. The van der Waals surface area contributed by atoms with Gasteiger partial charge in [-0.25, -0.2) is 18.4 Å². The summed E-state index contributed by atoms with van der Waals surface area (Å²) in [6.45, 7) is 2.96. The van der Waals surface area contributed by atoms with Gasteiger partial charge in [0.2, 0.25) is 10.6 Å². The predicted molar refractivity (Wildman–Crippen MR) is 50.4 cm³/mol. The van der Waals surface area contributed by atoms with Crippen LogP contribution in [0, 0.1) is 0 Å². The van der Waals surface area contributed by atoms with E-state index in [0.717, 1.165) is 5.41 Å². The SMILES string of the molecule is C=C[SH](=O)=O.Clc1ncnc(Cl)n1. The molecule has 0 saturated heterocycles. The Labute approximate surface area is 86.4 Å². The molecule has 0 aliphatic carbocycles. The van der Waals surface area contributed by atoms with Crippen molar-refractivity contribution in [3.8, 4) is 0 Å². The van der Waals surface area contributed by atoms with Crippen molar-refractivity contribution >= 4 is 33.9 Å². The van der Waals surface area contributed by atoms with E-state index in [0.29, 0.717) is 0 Å². The minimum Gasteiger partial charge on any atom is -0.227 e. The van der Waals surface area contributed by atoms with E-state index in [1.807, 2.05) is 0 Å². The van der Waals surface area contributed by atoms with Gasteiger partial charge in [-0.3, -0.25) is 0 Å². The highest BCUT2D eigenvalue weighted by molar-refractivity contribution is 7.75. The first kappa shape index (κ1) is 12.3. The van der Waals surface area contributed by atoms with Crippen molar-refractivity contribution in [1.29, 1.82) is 0 Å². The summed E-state index contributed by atoms with van der Waals surface area (Å²) in [4.78, 5) is 10.5. The normalized spacial score (nSPS) is 8.85. The van der Waals surface area contributed by atoms with E-state index in [1.54, 1.807) is 0 Å². The smallest absolute Gasteiger partial charge is 0.226 e. The van der Waals surface area contributed by atoms with E-state index >= 15 is 0 Å². The first-order valence-corrected chi connectivity index (χ1v) is 4.82. The van der Waals surface area contributed by atoms with Crippen LogP contribution in [0.1, 0.15) is 0 Å². The van der Waals surface area contributed by atoms with Crippen LogP contribution in [-0.2, 0) is 10.7 Å². The molecule has 0 aliphatic heterocycles. The van der Waals surface area contributed by atoms with Gasteiger partial charge in [-0.2, -0.15) is 4.98 Å². The number of nitrogens with zero attached hydrogens (tertiary/aromatic N) is 3. The Morgan fingerprint density at radius 2 is 1.69 bits per heavy atom. The van der Waals surface area contributed by atoms with Gasteiger partial charge in [-0.1, -0.05) is 6.58 Å². The Balaban J connectivity index is 0.000000252. The first-order chi connectivity index (χ1) is 6.06. The number of halogens is 2. The summed E-state index contributed by atoms with van der Waals surface area (Å²) in [5, 5.41) is 1.10. The highest BCUT2D eigenvalue weighted by Gasteiger charge is 1.89. The maximum atomic E-state index is 9.29. The number of aromatic nitrogens is 3. The van der Waals surface area contributed by atoms with E-state index in [2.05, 4.69) is 21.5 Å². The lowest BCUT2D eigenvalue weighted by molar-refractivity contribution is 0.622. The lowest BCUT2D eigenvalue weighted by atomic mass is 11.1. The van der Waals surface area contributed by atoms with E-state index in [4.69, 9.17) is 23.2 Å². The van der Waals surface area contributed by atoms with E-state index in [-0.39, 0.29) is 10.6 Å². The molecule has 0 unspecified atom stereocenters. The van der Waals surface area contributed by atoms with E-state index in [1.165, 1.54) is 6.33 Å². The van der Waals surface area contributed by atoms with Crippen molar-refractivity contribution < 1.29 is 8.42 Å². The fourth-order valence-electron chi connectivity index (χ4n) is 0.258. The summed E-state index contributed by atoms with van der Waals surface area (Å²) in [5.74, 6) is 0. The minimum absolute atomic E-state index is 0.116. The van der Waals surface area contributed by atoms with Gasteiger partial charge in [0.25, 0.3) is 0 Å². The maximum Gasteiger partial charge on any atom is 0.226 e. The second-order valence-electron chi connectivity index (χ2n) is 1.49. The van der Waals surface area contributed by atoms with Crippen LogP contribution in [0.15, 0.2) is 18.3 Å². The van der Waals surface area contributed by atoms with Crippen molar-refractivity contribution in [1.82, 2.24) is 15.0 Å². The number of hydrogen-bond donors (Lipinski definition) is 1. The molecule has 0 fully saturated rings. The van der Waals surface area contributed by atoms with Crippen molar-refractivity contribution in [3.63, 3.8) is 0 Å². The number of thiol groups is 1. The molecule has 0 bridgehead atoms. The zero-order valence-corrected chi connectivity index (χ0v) is 8.63. The maximum absolute atomic E-state index is 9.29. The van der Waals surface area contributed by atoms with Gasteiger partial charge in [-0.05, 0) is 23.2 Å². The summed E-state index contributed by atoms with van der Waals surface area (Å²) in [6, 6.07) is 0. The van der Waals surface area contributed by atoms with Crippen LogP contribution in [0.3, 0.4) is 0 Å². The fourth-order valence-corrected chi connectivity index (χ4v) is 0.549. The molecule has 0 aromatic carbocycles. The monoisotopic (exact) mass is 241 g/mol. The molecule has 0 spiro atoms. The topological polar surface area (TPSA) is 72.8 Å². The molecule has 8 heteroatoms. The largest absolute Gasteiger partial charge is 0.227 e. The Bertz CT molecular complexity index is 330. The molecule has 5 nitrogen and oxygen atoms in total. The Morgan fingerprint density at radius 1 is 1.31 bits per heavy atom. The molecule has 0 atom stereocenters. The van der Waals surface area contributed by atoms with Crippen molar-refractivity contribution in [3.05, 3.63) is 28.9 Å². The van der Waals surface area contributed by atoms with Crippen LogP contribution in [0.2, 0.25) is 10.6 Å². The summed E-state index contributed by atoms with van der Waals surface area (Å²) < 4.78 is 18.6. The van der Waals surface area contributed by atoms with Gasteiger partial charge < -0.3 is 0 Å². The number of hydrogen-bond acceptors (Lipinski definition) is 5. The van der Waals surface area contributed by atoms with Crippen LogP contribution in [-0.4, -0.2) is 23.4 Å². The number of rotatable bonds is 1. The predicted octanol–water partition coefficient (Wildman–Crippen LogP) is 0.920. The average Bonchev–Trinajstić information content (AvgIpc) is 2.05. The van der Waals surface area contributed by atoms with Crippen LogP contribution in [0.4, 0.5) is 0 Å². The highest BCUT2D eigenvalue weighted by atomic mass is 35.5. The van der Waals surface area contributed by atoms with Crippen LogP contribution in [0.5, 0.6) is 0 Å². The van der Waals surface area contributed by atoms with Crippen molar-refractivity contribution in [2.45, 2.75) is 0 Å². The molecule has 0 radical (unpaired) electrons. The lowest BCUT2D eigenvalue weighted by Gasteiger charge is -1.84. The quantitative estimate of drug-likeness (QED) is 0.741. The van der Waals surface area contributed by atoms with Gasteiger partial charge in [0, 0.05) is 5.41 Å². The van der Waals surface area contributed by atoms with E-state index < -0.39 is 10.7 Å². The summed E-state index contributed by atoms with van der Waals surface area (Å²) in [6.07, 6.45) is 1.25. The molecule has 13 heavy (non-hydrogen) atoms. The molecular formula is C5H5Cl2N3O2S. The van der Waals surface area contributed by atoms with Crippen molar-refractivity contribution in [2.24, 2.45) is 0 Å². The summed E-state index contributed by atoms with van der Waals surface area (Å²) in [5.41, 5.74) is 0. The van der Waals surface area contributed by atoms with Gasteiger partial charge in [0.05, 0.1) is 0 Å². The lowest BCUT2D eigenvalue weighted by Crippen LogP contribution is -1.83. The molecular weight excluding hydrogens is 237 g/mol. The summed E-state index contributed by atoms with van der Waals surface area (Å²) >= 11 is 10.6. The van der Waals surface area contributed by atoms with Gasteiger partial charge >= 0.3 is 0 Å². The molecule has 1 heterocycles.